The lowest BCUT2D eigenvalue weighted by Crippen LogP contribution is -2.38. The highest BCUT2D eigenvalue weighted by atomic mass is 35.5. The monoisotopic (exact) mass is 462 g/mol. The van der Waals surface area contributed by atoms with E-state index in [0.717, 1.165) is 5.56 Å². The summed E-state index contributed by atoms with van der Waals surface area (Å²) in [5.74, 6) is -0.960. The van der Waals surface area contributed by atoms with E-state index in [1.54, 1.807) is 23.6 Å². The quantitative estimate of drug-likeness (QED) is 0.558. The normalized spacial score (nSPS) is 16.5. The molecule has 2 heterocycles. The molecule has 9 heteroatoms. The molecule has 3 aromatic rings. The number of allylic oxidation sites excluding steroid dienone is 1. The highest BCUT2D eigenvalue weighted by molar-refractivity contribution is 7.97. The van der Waals surface area contributed by atoms with Crippen molar-refractivity contribution in [3.05, 3.63) is 97.9 Å². The number of rotatable bonds is 5. The van der Waals surface area contributed by atoms with Gasteiger partial charge in [-0.15, -0.1) is 11.3 Å². The van der Waals surface area contributed by atoms with Crippen molar-refractivity contribution in [1.29, 1.82) is 0 Å². The Bertz CT molecular complexity index is 1240. The first-order valence-electron chi connectivity index (χ1n) is 8.94. The number of benzene rings is 2. The van der Waals surface area contributed by atoms with Crippen molar-refractivity contribution in [1.82, 2.24) is 5.32 Å². The number of halogens is 2. The average Bonchev–Trinajstić information content (AvgIpc) is 3.20. The Balaban J connectivity index is 1.67. The van der Waals surface area contributed by atoms with Crippen molar-refractivity contribution in [2.75, 3.05) is 4.31 Å². The summed E-state index contributed by atoms with van der Waals surface area (Å²) in [6.07, 6.45) is 1.22. The average molecular weight is 463 g/mol. The first kappa shape index (κ1) is 20.6. The number of anilines is 1. The van der Waals surface area contributed by atoms with Crippen LogP contribution in [-0.4, -0.2) is 14.2 Å². The van der Waals surface area contributed by atoms with Crippen LogP contribution in [0, 0.1) is 5.82 Å². The second kappa shape index (κ2) is 8.22. The van der Waals surface area contributed by atoms with Crippen LogP contribution in [0.4, 0.5) is 10.1 Å². The molecule has 0 spiro atoms. The molecule has 1 N–H and O–H groups in total. The first-order valence-corrected chi connectivity index (χ1v) is 11.6. The summed E-state index contributed by atoms with van der Waals surface area (Å²) in [4.78, 5) is 12.9. The van der Waals surface area contributed by atoms with Gasteiger partial charge in [-0.1, -0.05) is 41.9 Å². The van der Waals surface area contributed by atoms with Gasteiger partial charge >= 0.3 is 0 Å². The Morgan fingerprint density at radius 3 is 2.57 bits per heavy atom. The van der Waals surface area contributed by atoms with E-state index in [4.69, 9.17) is 11.6 Å². The molecule has 1 aliphatic heterocycles. The molecular formula is C21H16ClFN2O3S2. The highest BCUT2D eigenvalue weighted by Crippen LogP contribution is 2.39. The van der Waals surface area contributed by atoms with E-state index in [0.29, 0.717) is 21.2 Å². The number of nitrogens with one attached hydrogen (secondary N) is 1. The summed E-state index contributed by atoms with van der Waals surface area (Å²) in [5.41, 5.74) is 1.71. The Morgan fingerprint density at radius 2 is 1.83 bits per heavy atom. The molecule has 0 saturated heterocycles. The van der Waals surface area contributed by atoms with Gasteiger partial charge < -0.3 is 5.32 Å². The summed E-state index contributed by atoms with van der Waals surface area (Å²) < 4.78 is 40.9. The Labute approximate surface area is 182 Å². The molecule has 0 fully saturated rings. The van der Waals surface area contributed by atoms with Gasteiger partial charge in [-0.3, -0.25) is 9.10 Å². The van der Waals surface area contributed by atoms with Gasteiger partial charge in [-0.25, -0.2) is 12.8 Å². The fraction of sp³-hybridized carbons (Fsp3) is 0.0952. The number of hydrogen-bond acceptors (Lipinski definition) is 5. The largest absolute Gasteiger partial charge is 0.386 e. The molecule has 0 radical (unpaired) electrons. The zero-order valence-electron chi connectivity index (χ0n) is 15.5. The van der Waals surface area contributed by atoms with E-state index in [9.17, 15) is 17.6 Å². The lowest BCUT2D eigenvalue weighted by molar-refractivity contribution is 0.104. The van der Waals surface area contributed by atoms with Crippen LogP contribution in [0.15, 0.2) is 71.1 Å². The van der Waals surface area contributed by atoms with Gasteiger partial charge in [0, 0.05) is 17.8 Å². The Hall–Kier alpha value is -2.68. The van der Waals surface area contributed by atoms with Gasteiger partial charge in [0.15, 0.2) is 4.91 Å². The second-order valence-electron chi connectivity index (χ2n) is 6.58. The van der Waals surface area contributed by atoms with Gasteiger partial charge in [0.25, 0.3) is 10.0 Å². The maximum atomic E-state index is 13.3. The Kier molecular flexibility index (Phi) is 5.64. The van der Waals surface area contributed by atoms with Crippen LogP contribution >= 0.6 is 22.9 Å². The van der Waals surface area contributed by atoms with Crippen molar-refractivity contribution in [2.24, 2.45) is 0 Å². The van der Waals surface area contributed by atoms with E-state index >= 15 is 0 Å². The molecule has 0 saturated carbocycles. The number of nitrogens with zero attached hydrogens (tertiary/aromatic N) is 1. The lowest BCUT2D eigenvalue weighted by Gasteiger charge is -2.29. The molecule has 0 aliphatic carbocycles. The fourth-order valence-electron chi connectivity index (χ4n) is 3.11. The summed E-state index contributed by atoms with van der Waals surface area (Å²) in [5, 5.41) is 5.11. The van der Waals surface area contributed by atoms with Crippen LogP contribution in [0.25, 0.3) is 0 Å². The molecule has 1 aliphatic rings. The standard InChI is InChI=1S/C21H16ClFN2O3S2/c22-17-4-2-1-3-15(17)11-24-12-19-20(26)21-18(9-10-29-21)25(30(19,27)28)13-14-5-7-16(23)8-6-14/h1-10,12,24H,11,13H2. The van der Waals surface area contributed by atoms with Gasteiger partial charge in [0.05, 0.1) is 12.2 Å². The minimum Gasteiger partial charge on any atom is -0.386 e. The molecule has 2 aromatic carbocycles. The van der Waals surface area contributed by atoms with Gasteiger partial charge in [0.2, 0.25) is 5.78 Å². The predicted molar refractivity (Wildman–Crippen MR) is 117 cm³/mol. The molecule has 1 aromatic heterocycles. The van der Waals surface area contributed by atoms with Crippen LogP contribution in [0.5, 0.6) is 0 Å². The van der Waals surface area contributed by atoms with E-state index in [1.807, 2.05) is 12.1 Å². The van der Waals surface area contributed by atoms with Crippen LogP contribution in [-0.2, 0) is 23.1 Å². The lowest BCUT2D eigenvalue weighted by atomic mass is 10.2. The van der Waals surface area contributed by atoms with Crippen molar-refractivity contribution >= 4 is 44.4 Å². The SMILES string of the molecule is O=C1C(=CNCc2ccccc2Cl)S(=O)(=O)N(Cc2ccc(F)cc2)c2ccsc21. The summed E-state index contributed by atoms with van der Waals surface area (Å²) in [7, 11) is -4.11. The van der Waals surface area contributed by atoms with Crippen LogP contribution < -0.4 is 9.62 Å². The number of carbonyl (C=O) groups is 1. The fourth-order valence-corrected chi connectivity index (χ4v) is 5.82. The van der Waals surface area contributed by atoms with E-state index in [-0.39, 0.29) is 18.0 Å². The third-order valence-electron chi connectivity index (χ3n) is 4.63. The van der Waals surface area contributed by atoms with Crippen LogP contribution in [0.1, 0.15) is 20.8 Å². The van der Waals surface area contributed by atoms with Crippen molar-refractivity contribution in [3.8, 4) is 0 Å². The smallest absolute Gasteiger partial charge is 0.270 e. The predicted octanol–water partition coefficient (Wildman–Crippen LogP) is 4.70. The van der Waals surface area contributed by atoms with E-state index in [2.05, 4.69) is 5.32 Å². The first-order chi connectivity index (χ1) is 14.4. The second-order valence-corrected chi connectivity index (χ2v) is 9.74. The van der Waals surface area contributed by atoms with Crippen molar-refractivity contribution < 1.29 is 17.6 Å². The molecule has 154 valence electrons. The van der Waals surface area contributed by atoms with Crippen molar-refractivity contribution in [2.45, 2.75) is 13.1 Å². The number of thiophene rings is 1. The van der Waals surface area contributed by atoms with Crippen molar-refractivity contribution in [3.63, 3.8) is 0 Å². The minimum absolute atomic E-state index is 0.0124. The molecule has 0 atom stereocenters. The Morgan fingerprint density at radius 1 is 1.10 bits per heavy atom. The van der Waals surface area contributed by atoms with Gasteiger partial charge in [-0.2, -0.15) is 0 Å². The third-order valence-corrected chi connectivity index (χ3v) is 7.67. The summed E-state index contributed by atoms with van der Waals surface area (Å²) >= 11 is 7.31. The molecule has 30 heavy (non-hydrogen) atoms. The third kappa shape index (κ3) is 3.86. The molecule has 0 unspecified atom stereocenters. The zero-order valence-corrected chi connectivity index (χ0v) is 17.9. The van der Waals surface area contributed by atoms with Gasteiger partial charge in [-0.05, 0) is 40.8 Å². The number of sulfonamides is 1. The number of Topliss-reactive ketones (excluding diaryl/α,β-unsaturated/α-hetero) is 1. The number of carbonyl (C=O) groups excluding carboxylic acids is 1. The maximum absolute atomic E-state index is 13.3. The molecule has 0 bridgehead atoms. The molecule has 0 amide bonds. The number of hydrogen-bond donors (Lipinski definition) is 1. The number of fused-ring (bicyclic) bond motifs is 1. The summed E-state index contributed by atoms with van der Waals surface area (Å²) in [6.45, 7) is 0.253. The topological polar surface area (TPSA) is 66.5 Å². The van der Waals surface area contributed by atoms with E-state index in [1.165, 1.54) is 46.1 Å². The van der Waals surface area contributed by atoms with Crippen LogP contribution in [0.3, 0.4) is 0 Å². The van der Waals surface area contributed by atoms with E-state index < -0.39 is 21.6 Å². The summed E-state index contributed by atoms with van der Waals surface area (Å²) in [6, 6.07) is 14.3. The van der Waals surface area contributed by atoms with Gasteiger partial charge in [0.1, 0.15) is 10.7 Å². The molecule has 4 rings (SSSR count). The maximum Gasteiger partial charge on any atom is 0.270 e. The number of ketones is 1. The zero-order chi connectivity index (χ0) is 21.3. The minimum atomic E-state index is -4.11. The van der Waals surface area contributed by atoms with Crippen LogP contribution in [0.2, 0.25) is 5.02 Å². The molecule has 5 nitrogen and oxygen atoms in total. The molecular weight excluding hydrogens is 447 g/mol. The highest BCUT2D eigenvalue weighted by Gasteiger charge is 2.41.